The minimum atomic E-state index is -0.194. The standard InChI is InChI=1S/C13H23N3O2/c1-6-10-15-11(14)9(2)12(16-10)18-8-7-13(3,4)17-5/h6-8H2,1-5H3,(H2,14,15,16). The number of aryl methyl sites for hydroxylation is 1. The lowest BCUT2D eigenvalue weighted by molar-refractivity contribution is 0.00500. The molecular weight excluding hydrogens is 230 g/mol. The van der Waals surface area contributed by atoms with Crippen molar-refractivity contribution < 1.29 is 9.47 Å². The summed E-state index contributed by atoms with van der Waals surface area (Å²) in [5.41, 5.74) is 6.42. The summed E-state index contributed by atoms with van der Waals surface area (Å²) in [4.78, 5) is 8.53. The van der Waals surface area contributed by atoms with Crippen LogP contribution in [0.15, 0.2) is 0 Å². The Kier molecular flexibility index (Phi) is 4.90. The molecule has 5 nitrogen and oxygen atoms in total. The Hall–Kier alpha value is -1.36. The number of nitrogens with two attached hydrogens (primary N) is 1. The topological polar surface area (TPSA) is 70.3 Å². The van der Waals surface area contributed by atoms with E-state index in [1.54, 1.807) is 7.11 Å². The third kappa shape index (κ3) is 3.84. The van der Waals surface area contributed by atoms with Crippen molar-refractivity contribution in [1.29, 1.82) is 0 Å². The highest BCUT2D eigenvalue weighted by atomic mass is 16.5. The van der Waals surface area contributed by atoms with E-state index in [2.05, 4.69) is 9.97 Å². The normalized spacial score (nSPS) is 11.6. The Morgan fingerprint density at radius 3 is 2.50 bits per heavy atom. The zero-order valence-corrected chi connectivity index (χ0v) is 11.9. The molecule has 0 aliphatic carbocycles. The Morgan fingerprint density at radius 2 is 1.94 bits per heavy atom. The van der Waals surface area contributed by atoms with Gasteiger partial charge in [0.2, 0.25) is 5.88 Å². The first-order valence-corrected chi connectivity index (χ1v) is 6.20. The quantitative estimate of drug-likeness (QED) is 0.841. The molecule has 0 aliphatic heterocycles. The van der Waals surface area contributed by atoms with Crippen LogP contribution in [-0.2, 0) is 11.2 Å². The highest BCUT2D eigenvalue weighted by Crippen LogP contribution is 2.21. The molecule has 0 saturated carbocycles. The molecule has 0 aliphatic rings. The van der Waals surface area contributed by atoms with Crippen LogP contribution < -0.4 is 10.5 Å². The van der Waals surface area contributed by atoms with Gasteiger partial charge in [-0.15, -0.1) is 0 Å². The van der Waals surface area contributed by atoms with Gasteiger partial charge in [0.15, 0.2) is 0 Å². The number of hydrogen-bond acceptors (Lipinski definition) is 5. The Labute approximate surface area is 109 Å². The summed E-state index contributed by atoms with van der Waals surface area (Å²) in [5, 5.41) is 0. The SMILES string of the molecule is CCc1nc(N)c(C)c(OCCC(C)(C)OC)n1. The molecule has 0 atom stereocenters. The van der Waals surface area contributed by atoms with Gasteiger partial charge < -0.3 is 15.2 Å². The van der Waals surface area contributed by atoms with Gasteiger partial charge in [0, 0.05) is 20.0 Å². The average molecular weight is 253 g/mol. The van der Waals surface area contributed by atoms with Crippen LogP contribution in [0.25, 0.3) is 0 Å². The summed E-state index contributed by atoms with van der Waals surface area (Å²) in [6, 6.07) is 0. The maximum atomic E-state index is 5.82. The van der Waals surface area contributed by atoms with Gasteiger partial charge in [-0.2, -0.15) is 4.98 Å². The molecule has 0 spiro atoms. The molecule has 0 aromatic carbocycles. The lowest BCUT2D eigenvalue weighted by Crippen LogP contribution is -2.25. The smallest absolute Gasteiger partial charge is 0.221 e. The highest BCUT2D eigenvalue weighted by Gasteiger charge is 2.17. The fourth-order valence-corrected chi connectivity index (χ4v) is 1.35. The molecule has 5 heteroatoms. The summed E-state index contributed by atoms with van der Waals surface area (Å²) in [6.07, 6.45) is 1.53. The Balaban J connectivity index is 2.70. The summed E-state index contributed by atoms with van der Waals surface area (Å²) in [6.45, 7) is 8.44. The second-order valence-corrected chi connectivity index (χ2v) is 4.87. The third-order valence-corrected chi connectivity index (χ3v) is 3.00. The number of nitrogen functional groups attached to an aromatic ring is 1. The van der Waals surface area contributed by atoms with Crippen molar-refractivity contribution in [2.45, 2.75) is 46.1 Å². The van der Waals surface area contributed by atoms with E-state index in [1.807, 2.05) is 27.7 Å². The predicted molar refractivity (Wildman–Crippen MR) is 71.8 cm³/mol. The van der Waals surface area contributed by atoms with E-state index in [4.69, 9.17) is 15.2 Å². The van der Waals surface area contributed by atoms with E-state index < -0.39 is 0 Å². The van der Waals surface area contributed by atoms with Crippen molar-refractivity contribution in [3.05, 3.63) is 11.4 Å². The first kappa shape index (κ1) is 14.7. The third-order valence-electron chi connectivity index (χ3n) is 3.00. The van der Waals surface area contributed by atoms with E-state index in [-0.39, 0.29) is 5.60 Å². The monoisotopic (exact) mass is 253 g/mol. The van der Waals surface area contributed by atoms with Crippen LogP contribution in [0.4, 0.5) is 5.82 Å². The molecule has 1 aromatic rings. The number of aromatic nitrogens is 2. The maximum Gasteiger partial charge on any atom is 0.221 e. The van der Waals surface area contributed by atoms with Crippen molar-refractivity contribution in [1.82, 2.24) is 9.97 Å². The lowest BCUT2D eigenvalue weighted by Gasteiger charge is -2.22. The summed E-state index contributed by atoms with van der Waals surface area (Å²) >= 11 is 0. The van der Waals surface area contributed by atoms with Crippen LogP contribution in [0.3, 0.4) is 0 Å². The second-order valence-electron chi connectivity index (χ2n) is 4.87. The fourth-order valence-electron chi connectivity index (χ4n) is 1.35. The van der Waals surface area contributed by atoms with Gasteiger partial charge in [0.25, 0.3) is 0 Å². The molecule has 1 heterocycles. The van der Waals surface area contributed by atoms with Crippen LogP contribution in [0.5, 0.6) is 5.88 Å². The van der Waals surface area contributed by atoms with Gasteiger partial charge in [-0.25, -0.2) is 4.98 Å². The minimum absolute atomic E-state index is 0.194. The van der Waals surface area contributed by atoms with Gasteiger partial charge in [-0.1, -0.05) is 6.92 Å². The summed E-state index contributed by atoms with van der Waals surface area (Å²) in [5.74, 6) is 1.77. The molecule has 1 rings (SSSR count). The summed E-state index contributed by atoms with van der Waals surface area (Å²) < 4.78 is 11.0. The number of hydrogen-bond donors (Lipinski definition) is 1. The van der Waals surface area contributed by atoms with Gasteiger partial charge >= 0.3 is 0 Å². The number of methoxy groups -OCH3 is 1. The molecule has 1 aromatic heterocycles. The number of nitrogens with zero attached hydrogens (tertiary/aromatic N) is 2. The van der Waals surface area contributed by atoms with Crippen LogP contribution in [0, 0.1) is 6.92 Å². The zero-order chi connectivity index (χ0) is 13.8. The van der Waals surface area contributed by atoms with Gasteiger partial charge in [0.05, 0.1) is 17.8 Å². The molecule has 2 N–H and O–H groups in total. The molecule has 0 fully saturated rings. The lowest BCUT2D eigenvalue weighted by atomic mass is 10.1. The molecule has 0 bridgehead atoms. The van der Waals surface area contributed by atoms with Crippen molar-refractivity contribution in [2.75, 3.05) is 19.5 Å². The Morgan fingerprint density at radius 1 is 1.28 bits per heavy atom. The van der Waals surface area contributed by atoms with Crippen molar-refractivity contribution in [3.63, 3.8) is 0 Å². The highest BCUT2D eigenvalue weighted by molar-refractivity contribution is 5.44. The summed E-state index contributed by atoms with van der Waals surface area (Å²) in [7, 11) is 1.70. The van der Waals surface area contributed by atoms with Gasteiger partial charge in [-0.3, -0.25) is 0 Å². The van der Waals surface area contributed by atoms with E-state index in [0.717, 1.165) is 18.4 Å². The Bertz CT molecular complexity index is 405. The molecule has 0 amide bonds. The molecule has 0 unspecified atom stereocenters. The molecule has 18 heavy (non-hydrogen) atoms. The van der Waals surface area contributed by atoms with E-state index in [9.17, 15) is 0 Å². The van der Waals surface area contributed by atoms with E-state index in [0.29, 0.717) is 24.1 Å². The van der Waals surface area contributed by atoms with Crippen molar-refractivity contribution in [2.24, 2.45) is 0 Å². The molecule has 102 valence electrons. The van der Waals surface area contributed by atoms with E-state index >= 15 is 0 Å². The van der Waals surface area contributed by atoms with E-state index in [1.165, 1.54) is 0 Å². The molecule has 0 radical (unpaired) electrons. The van der Waals surface area contributed by atoms with Gasteiger partial charge in [-0.05, 0) is 20.8 Å². The maximum absolute atomic E-state index is 5.82. The van der Waals surface area contributed by atoms with Crippen molar-refractivity contribution in [3.8, 4) is 5.88 Å². The predicted octanol–water partition coefficient (Wildman–Crippen LogP) is 2.12. The fraction of sp³-hybridized carbons (Fsp3) is 0.692. The van der Waals surface area contributed by atoms with Crippen LogP contribution in [0.1, 0.15) is 38.6 Å². The first-order valence-electron chi connectivity index (χ1n) is 6.20. The number of ether oxygens (including phenoxy) is 2. The zero-order valence-electron chi connectivity index (χ0n) is 11.9. The second kappa shape index (κ2) is 6.00. The first-order chi connectivity index (χ1) is 8.39. The largest absolute Gasteiger partial charge is 0.477 e. The van der Waals surface area contributed by atoms with Crippen molar-refractivity contribution >= 4 is 5.82 Å². The van der Waals surface area contributed by atoms with Crippen LogP contribution in [-0.4, -0.2) is 29.3 Å². The minimum Gasteiger partial charge on any atom is -0.477 e. The molecular formula is C13H23N3O2. The molecule has 0 saturated heterocycles. The average Bonchev–Trinajstić information content (AvgIpc) is 2.34. The van der Waals surface area contributed by atoms with Crippen LogP contribution in [0.2, 0.25) is 0 Å². The van der Waals surface area contributed by atoms with Crippen LogP contribution >= 0.6 is 0 Å². The number of rotatable bonds is 6. The van der Waals surface area contributed by atoms with Gasteiger partial charge in [0.1, 0.15) is 11.6 Å². The number of anilines is 1.